The standard InChI is InChI=1S/C18H20O2.C12H10O2.C10H8O2.C8H18N2O2/c19-16-8-4-14(5-9-16)18(12-2-1-3-13-18)15-6-10-17(20)11-7-15;13-11-5-1-9(2-6-11)10-3-7-12(14)8-4-10;11-9-5-1-3-7-8(9)4-2-6-10(7)12;11-7-5-9-1-2-10(4-3-9)6-8-12/h4-11,19-20H,1-3,12-13H2;1-8,13-14H;1-6,11-12H;11-12H,1-8H2. The Balaban J connectivity index is 0.000000151. The van der Waals surface area contributed by atoms with E-state index in [1.807, 2.05) is 48.5 Å². The topological polar surface area (TPSA) is 168 Å². The van der Waals surface area contributed by atoms with E-state index in [1.165, 1.54) is 30.4 Å². The van der Waals surface area contributed by atoms with Crippen molar-refractivity contribution in [1.82, 2.24) is 9.80 Å². The Bertz CT molecular complexity index is 1950. The molecule has 8 N–H and O–H groups in total. The summed E-state index contributed by atoms with van der Waals surface area (Å²) >= 11 is 0. The molecule has 8 rings (SSSR count). The lowest BCUT2D eigenvalue weighted by Gasteiger charge is -2.38. The molecule has 0 spiro atoms. The number of piperazine rings is 1. The Kier molecular flexibility index (Phi) is 16.2. The number of hydrogen-bond acceptors (Lipinski definition) is 10. The fraction of sp³-hybridized carbons (Fsp3) is 0.292. The van der Waals surface area contributed by atoms with Crippen LogP contribution in [0.25, 0.3) is 21.9 Å². The second-order valence-electron chi connectivity index (χ2n) is 14.6. The minimum absolute atomic E-state index is 0.0274. The monoisotopic (exact) mass is 788 g/mol. The number of rotatable bonds is 7. The first-order valence-corrected chi connectivity index (χ1v) is 19.9. The van der Waals surface area contributed by atoms with Crippen LogP contribution in [0.5, 0.6) is 34.5 Å². The lowest BCUT2D eigenvalue weighted by Crippen LogP contribution is -2.47. The molecule has 1 saturated carbocycles. The third-order valence-corrected chi connectivity index (χ3v) is 10.8. The Morgan fingerprint density at radius 3 is 1.05 bits per heavy atom. The molecule has 6 aromatic rings. The second kappa shape index (κ2) is 21.7. The van der Waals surface area contributed by atoms with Crippen LogP contribution in [0.2, 0.25) is 0 Å². The third-order valence-electron chi connectivity index (χ3n) is 10.8. The number of aliphatic hydroxyl groups is 2. The van der Waals surface area contributed by atoms with Crippen LogP contribution < -0.4 is 0 Å². The fourth-order valence-electron chi connectivity index (χ4n) is 7.56. The van der Waals surface area contributed by atoms with Crippen LogP contribution in [0.3, 0.4) is 0 Å². The number of aliphatic hydroxyl groups excluding tert-OH is 2. The maximum absolute atomic E-state index is 9.51. The third kappa shape index (κ3) is 12.1. The highest BCUT2D eigenvalue weighted by Crippen LogP contribution is 2.45. The normalized spacial score (nSPS) is 15.1. The van der Waals surface area contributed by atoms with E-state index in [2.05, 4.69) is 9.80 Å². The molecule has 10 nitrogen and oxygen atoms in total. The van der Waals surface area contributed by atoms with Gasteiger partial charge in [0.2, 0.25) is 0 Å². The van der Waals surface area contributed by atoms with Gasteiger partial charge in [-0.25, -0.2) is 0 Å². The van der Waals surface area contributed by atoms with Gasteiger partial charge >= 0.3 is 0 Å². The number of phenolic OH excluding ortho intramolecular Hbond substituents is 6. The summed E-state index contributed by atoms with van der Waals surface area (Å²) in [7, 11) is 0. The molecule has 58 heavy (non-hydrogen) atoms. The molecule has 0 radical (unpaired) electrons. The van der Waals surface area contributed by atoms with Gasteiger partial charge in [0, 0.05) is 55.5 Å². The largest absolute Gasteiger partial charge is 0.508 e. The van der Waals surface area contributed by atoms with E-state index in [1.54, 1.807) is 84.9 Å². The molecule has 6 aromatic carbocycles. The number of fused-ring (bicyclic) bond motifs is 1. The van der Waals surface area contributed by atoms with Crippen LogP contribution >= 0.6 is 0 Å². The molecule has 2 fully saturated rings. The van der Waals surface area contributed by atoms with Gasteiger partial charge in [-0.15, -0.1) is 0 Å². The summed E-state index contributed by atoms with van der Waals surface area (Å²) < 4.78 is 0. The SMILES string of the molecule is OCCN1CCN(CCO)CC1.Oc1ccc(-c2ccc(O)cc2)cc1.Oc1ccc(C2(c3ccc(O)cc3)CCCCC2)cc1.Oc1cccc2c(O)cccc12. The molecule has 0 amide bonds. The van der Waals surface area contributed by atoms with Crippen molar-refractivity contribution in [2.24, 2.45) is 0 Å². The zero-order valence-corrected chi connectivity index (χ0v) is 32.9. The molecule has 306 valence electrons. The van der Waals surface area contributed by atoms with E-state index in [0.29, 0.717) is 22.3 Å². The zero-order valence-electron chi connectivity index (χ0n) is 32.9. The van der Waals surface area contributed by atoms with Crippen LogP contribution in [0, 0.1) is 0 Å². The summed E-state index contributed by atoms with van der Waals surface area (Å²) in [6.07, 6.45) is 5.99. The van der Waals surface area contributed by atoms with Gasteiger partial charge in [0.15, 0.2) is 0 Å². The van der Waals surface area contributed by atoms with Crippen molar-refractivity contribution in [3.63, 3.8) is 0 Å². The molecular formula is C48H56N2O8. The summed E-state index contributed by atoms with van der Waals surface area (Å²) in [6, 6.07) is 39.3. The maximum Gasteiger partial charge on any atom is 0.123 e. The van der Waals surface area contributed by atoms with Crippen LogP contribution in [-0.2, 0) is 5.41 Å². The highest BCUT2D eigenvalue weighted by molar-refractivity contribution is 5.92. The lowest BCUT2D eigenvalue weighted by atomic mass is 9.65. The van der Waals surface area contributed by atoms with Crippen molar-refractivity contribution in [2.45, 2.75) is 37.5 Å². The van der Waals surface area contributed by atoms with Crippen LogP contribution in [-0.4, -0.2) is 103 Å². The summed E-state index contributed by atoms with van der Waals surface area (Å²) in [4.78, 5) is 4.49. The molecule has 10 heteroatoms. The Labute approximate surface area is 340 Å². The maximum atomic E-state index is 9.51. The summed E-state index contributed by atoms with van der Waals surface area (Å²) in [5, 5.41) is 74.8. The predicted octanol–water partition coefficient (Wildman–Crippen LogP) is 7.95. The number of β-amino-alcohol motifs (C(OH)–C–C–N with tert-alkyl or cyclic N) is 2. The van der Waals surface area contributed by atoms with Crippen molar-refractivity contribution >= 4 is 10.8 Å². The van der Waals surface area contributed by atoms with Gasteiger partial charge < -0.3 is 40.9 Å². The number of hydrogen-bond donors (Lipinski definition) is 8. The predicted molar refractivity (Wildman–Crippen MR) is 230 cm³/mol. The van der Waals surface area contributed by atoms with Crippen LogP contribution in [0.1, 0.15) is 43.2 Å². The van der Waals surface area contributed by atoms with Gasteiger partial charge in [-0.3, -0.25) is 9.80 Å². The van der Waals surface area contributed by atoms with Gasteiger partial charge in [0.25, 0.3) is 0 Å². The van der Waals surface area contributed by atoms with E-state index in [9.17, 15) is 20.4 Å². The lowest BCUT2D eigenvalue weighted by molar-refractivity contribution is 0.0984. The van der Waals surface area contributed by atoms with E-state index in [-0.39, 0.29) is 41.6 Å². The summed E-state index contributed by atoms with van der Waals surface area (Å²) in [5.74, 6) is 1.53. The average molecular weight is 789 g/mol. The Hall–Kier alpha value is -5.78. The van der Waals surface area contributed by atoms with Crippen LogP contribution in [0.15, 0.2) is 133 Å². The van der Waals surface area contributed by atoms with Gasteiger partial charge in [-0.2, -0.15) is 0 Å². The molecule has 1 aliphatic carbocycles. The zero-order chi connectivity index (χ0) is 41.3. The minimum atomic E-state index is 0.0274. The van der Waals surface area contributed by atoms with Crippen molar-refractivity contribution in [2.75, 3.05) is 52.5 Å². The molecule has 1 aliphatic heterocycles. The minimum Gasteiger partial charge on any atom is -0.508 e. The number of phenols is 6. The summed E-state index contributed by atoms with van der Waals surface area (Å²) in [6.45, 7) is 6.13. The van der Waals surface area contributed by atoms with Crippen molar-refractivity contribution < 1.29 is 40.9 Å². The molecule has 1 heterocycles. The first kappa shape index (κ1) is 43.3. The van der Waals surface area contributed by atoms with Gasteiger partial charge in [0.05, 0.1) is 13.2 Å². The number of benzene rings is 6. The first-order valence-electron chi connectivity index (χ1n) is 19.9. The fourth-order valence-corrected chi connectivity index (χ4v) is 7.56. The average Bonchev–Trinajstić information content (AvgIpc) is 3.24. The highest BCUT2D eigenvalue weighted by Gasteiger charge is 2.35. The quantitative estimate of drug-likeness (QED) is 0.0795. The Morgan fingerprint density at radius 2 is 0.724 bits per heavy atom. The Morgan fingerprint density at radius 1 is 0.397 bits per heavy atom. The van der Waals surface area contributed by atoms with E-state index < -0.39 is 0 Å². The summed E-state index contributed by atoms with van der Waals surface area (Å²) in [5.41, 5.74) is 4.59. The molecule has 1 saturated heterocycles. The molecule has 2 aliphatic rings. The van der Waals surface area contributed by atoms with E-state index in [0.717, 1.165) is 63.2 Å². The molecule has 0 unspecified atom stereocenters. The second-order valence-corrected chi connectivity index (χ2v) is 14.6. The van der Waals surface area contributed by atoms with Gasteiger partial charge in [-0.05, 0) is 95.8 Å². The van der Waals surface area contributed by atoms with Gasteiger partial charge in [-0.1, -0.05) is 92.1 Å². The molecule has 0 aromatic heterocycles. The van der Waals surface area contributed by atoms with Crippen LogP contribution in [0.4, 0.5) is 0 Å². The molecular weight excluding hydrogens is 733 g/mol. The van der Waals surface area contributed by atoms with E-state index in [4.69, 9.17) is 20.4 Å². The first-order chi connectivity index (χ1) is 28.1. The highest BCUT2D eigenvalue weighted by atomic mass is 16.3. The van der Waals surface area contributed by atoms with Crippen molar-refractivity contribution in [3.05, 3.63) is 145 Å². The molecule has 0 bridgehead atoms. The molecule has 0 atom stereocenters. The van der Waals surface area contributed by atoms with Gasteiger partial charge in [0.1, 0.15) is 34.5 Å². The number of nitrogens with zero attached hydrogens (tertiary/aromatic N) is 2. The van der Waals surface area contributed by atoms with Crippen molar-refractivity contribution in [1.29, 1.82) is 0 Å². The van der Waals surface area contributed by atoms with Crippen molar-refractivity contribution in [3.8, 4) is 45.6 Å². The number of aromatic hydroxyl groups is 6. The van der Waals surface area contributed by atoms with E-state index >= 15 is 0 Å². The smallest absolute Gasteiger partial charge is 0.123 e.